The number of carbonyl (C=O) groups excluding carboxylic acids is 1. The molecule has 2 rings (SSSR count). The normalized spacial score (nSPS) is 10.5. The van der Waals surface area contributed by atoms with Crippen LogP contribution < -0.4 is 5.32 Å². The first-order valence-corrected chi connectivity index (χ1v) is 6.51. The number of aromatic nitrogens is 3. The molecule has 5 nitrogen and oxygen atoms in total. The van der Waals surface area contributed by atoms with E-state index in [1.165, 1.54) is 10.9 Å². The highest BCUT2D eigenvalue weighted by molar-refractivity contribution is 5.76. The molecule has 1 heterocycles. The van der Waals surface area contributed by atoms with Crippen LogP contribution >= 0.6 is 0 Å². The molecule has 0 aliphatic rings. The van der Waals surface area contributed by atoms with E-state index in [4.69, 9.17) is 0 Å². The van der Waals surface area contributed by atoms with E-state index >= 15 is 0 Å². The zero-order chi connectivity index (χ0) is 14.4. The fourth-order valence-corrected chi connectivity index (χ4v) is 1.79. The maximum absolute atomic E-state index is 13.3. The summed E-state index contributed by atoms with van der Waals surface area (Å²) in [4.78, 5) is 13.2. The van der Waals surface area contributed by atoms with Gasteiger partial charge in [-0.05, 0) is 30.5 Å². The maximum atomic E-state index is 13.3. The minimum atomic E-state index is -0.229. The molecule has 0 spiro atoms. The molecule has 1 aromatic carbocycles. The second-order valence-corrected chi connectivity index (χ2v) is 4.56. The lowest BCUT2D eigenvalue weighted by Crippen LogP contribution is -2.28. The molecule has 0 bridgehead atoms. The molecule has 0 aliphatic heterocycles. The quantitative estimate of drug-likeness (QED) is 0.869. The number of amides is 1. The van der Waals surface area contributed by atoms with Crippen LogP contribution in [0.25, 0.3) is 0 Å². The van der Waals surface area contributed by atoms with E-state index in [0.717, 1.165) is 5.56 Å². The van der Waals surface area contributed by atoms with Crippen LogP contribution in [0.1, 0.15) is 17.5 Å². The fourth-order valence-electron chi connectivity index (χ4n) is 1.79. The number of hydrogen-bond acceptors (Lipinski definition) is 3. The Morgan fingerprint density at radius 1 is 1.35 bits per heavy atom. The van der Waals surface area contributed by atoms with Gasteiger partial charge in [-0.3, -0.25) is 4.79 Å². The third kappa shape index (κ3) is 4.15. The second-order valence-electron chi connectivity index (χ2n) is 4.56. The van der Waals surface area contributed by atoms with Gasteiger partial charge >= 0.3 is 0 Å². The van der Waals surface area contributed by atoms with Crippen LogP contribution in [0.5, 0.6) is 0 Å². The predicted octanol–water partition coefficient (Wildman–Crippen LogP) is 1.47. The summed E-state index contributed by atoms with van der Waals surface area (Å²) in [6, 6.07) is 5.06. The summed E-state index contributed by atoms with van der Waals surface area (Å²) in [5, 5.41) is 10.7. The van der Waals surface area contributed by atoms with Crippen molar-refractivity contribution < 1.29 is 9.18 Å². The summed E-state index contributed by atoms with van der Waals surface area (Å²) >= 11 is 0. The molecule has 0 saturated heterocycles. The van der Waals surface area contributed by atoms with Crippen molar-refractivity contribution in [3.05, 3.63) is 47.5 Å². The van der Waals surface area contributed by atoms with Crippen molar-refractivity contribution >= 4 is 5.91 Å². The highest BCUT2D eigenvalue weighted by atomic mass is 19.1. The van der Waals surface area contributed by atoms with Crippen LogP contribution in [0.15, 0.2) is 30.6 Å². The SMILES string of the molecule is Cc1ccc(CCC(=O)NCCn2nccn2)cc1F. The molecular formula is C14H17FN4O. The van der Waals surface area contributed by atoms with Gasteiger partial charge in [0.2, 0.25) is 5.91 Å². The van der Waals surface area contributed by atoms with Crippen LogP contribution in [0.4, 0.5) is 4.39 Å². The van der Waals surface area contributed by atoms with E-state index in [-0.39, 0.29) is 11.7 Å². The molecule has 20 heavy (non-hydrogen) atoms. The van der Waals surface area contributed by atoms with E-state index in [2.05, 4.69) is 15.5 Å². The lowest BCUT2D eigenvalue weighted by Gasteiger charge is -2.06. The summed E-state index contributed by atoms with van der Waals surface area (Å²) in [6.45, 7) is 2.74. The third-order valence-corrected chi connectivity index (χ3v) is 2.98. The lowest BCUT2D eigenvalue weighted by atomic mass is 10.1. The molecule has 0 radical (unpaired) electrons. The minimum absolute atomic E-state index is 0.0573. The van der Waals surface area contributed by atoms with Crippen molar-refractivity contribution in [2.75, 3.05) is 6.54 Å². The first-order chi connectivity index (χ1) is 9.65. The van der Waals surface area contributed by atoms with Gasteiger partial charge in [-0.25, -0.2) is 4.39 Å². The van der Waals surface area contributed by atoms with Crippen molar-refractivity contribution in [3.8, 4) is 0 Å². The molecular weight excluding hydrogens is 259 g/mol. The van der Waals surface area contributed by atoms with Gasteiger partial charge in [-0.1, -0.05) is 12.1 Å². The van der Waals surface area contributed by atoms with Gasteiger partial charge in [0.25, 0.3) is 0 Å². The number of benzene rings is 1. The molecule has 0 unspecified atom stereocenters. The molecule has 1 amide bonds. The van der Waals surface area contributed by atoms with Crippen molar-refractivity contribution in [1.82, 2.24) is 20.3 Å². The molecule has 0 fully saturated rings. The smallest absolute Gasteiger partial charge is 0.220 e. The predicted molar refractivity (Wildman–Crippen MR) is 72.5 cm³/mol. The fraction of sp³-hybridized carbons (Fsp3) is 0.357. The average molecular weight is 276 g/mol. The Morgan fingerprint density at radius 3 is 2.80 bits per heavy atom. The Morgan fingerprint density at radius 2 is 2.10 bits per heavy atom. The number of rotatable bonds is 6. The lowest BCUT2D eigenvalue weighted by molar-refractivity contribution is -0.121. The van der Waals surface area contributed by atoms with Gasteiger partial charge in [-0.2, -0.15) is 15.0 Å². The van der Waals surface area contributed by atoms with Crippen molar-refractivity contribution in [1.29, 1.82) is 0 Å². The molecule has 0 saturated carbocycles. The number of carbonyl (C=O) groups is 1. The summed E-state index contributed by atoms with van der Waals surface area (Å²) in [6.07, 6.45) is 4.06. The number of nitrogens with zero attached hydrogens (tertiary/aromatic N) is 3. The maximum Gasteiger partial charge on any atom is 0.220 e. The first-order valence-electron chi connectivity index (χ1n) is 6.51. The van der Waals surface area contributed by atoms with Crippen molar-refractivity contribution in [2.24, 2.45) is 0 Å². The van der Waals surface area contributed by atoms with E-state index in [9.17, 15) is 9.18 Å². The summed E-state index contributed by atoms with van der Waals surface area (Å²) in [5.74, 6) is -0.286. The standard InChI is InChI=1S/C14H17FN4O/c1-11-2-3-12(10-13(11)15)4-5-14(20)16-8-9-19-17-6-7-18-19/h2-3,6-7,10H,4-5,8-9H2,1H3,(H,16,20). The van der Waals surface area contributed by atoms with Crippen LogP contribution in [0.3, 0.4) is 0 Å². The number of nitrogens with one attached hydrogen (secondary N) is 1. The van der Waals surface area contributed by atoms with Crippen molar-refractivity contribution in [3.63, 3.8) is 0 Å². The summed E-state index contributed by atoms with van der Waals surface area (Å²) in [7, 11) is 0. The van der Waals surface area contributed by atoms with Gasteiger partial charge in [0, 0.05) is 13.0 Å². The van der Waals surface area contributed by atoms with Crippen LogP contribution in [-0.4, -0.2) is 27.4 Å². The van der Waals surface area contributed by atoms with E-state index in [1.807, 2.05) is 6.07 Å². The van der Waals surface area contributed by atoms with Crippen LogP contribution in [-0.2, 0) is 17.8 Å². The molecule has 0 aliphatic carbocycles. The van der Waals surface area contributed by atoms with Gasteiger partial charge in [0.05, 0.1) is 18.9 Å². The monoisotopic (exact) mass is 276 g/mol. The Labute approximate surface area is 116 Å². The van der Waals surface area contributed by atoms with E-state index in [1.54, 1.807) is 25.4 Å². The molecule has 106 valence electrons. The highest BCUT2D eigenvalue weighted by Crippen LogP contribution is 2.10. The van der Waals surface area contributed by atoms with Crippen LogP contribution in [0.2, 0.25) is 0 Å². The summed E-state index contributed by atoms with van der Waals surface area (Å²) in [5.41, 5.74) is 1.45. The Hall–Kier alpha value is -2.24. The zero-order valence-corrected chi connectivity index (χ0v) is 11.3. The summed E-state index contributed by atoms with van der Waals surface area (Å²) < 4.78 is 13.3. The molecule has 1 N–H and O–H groups in total. The molecule has 2 aromatic rings. The Balaban J connectivity index is 1.70. The van der Waals surface area contributed by atoms with Gasteiger partial charge in [0.15, 0.2) is 0 Å². The number of hydrogen-bond donors (Lipinski definition) is 1. The first kappa shape index (κ1) is 14.2. The molecule has 1 aromatic heterocycles. The second kappa shape index (κ2) is 6.79. The van der Waals surface area contributed by atoms with Crippen LogP contribution in [0, 0.1) is 12.7 Å². The number of aryl methyl sites for hydroxylation is 2. The molecule has 0 atom stereocenters. The topological polar surface area (TPSA) is 59.8 Å². The van der Waals surface area contributed by atoms with Gasteiger partial charge < -0.3 is 5.32 Å². The minimum Gasteiger partial charge on any atom is -0.354 e. The van der Waals surface area contributed by atoms with E-state index in [0.29, 0.717) is 31.5 Å². The Kier molecular flexibility index (Phi) is 4.81. The van der Waals surface area contributed by atoms with E-state index < -0.39 is 0 Å². The van der Waals surface area contributed by atoms with Gasteiger partial charge in [0.1, 0.15) is 5.82 Å². The zero-order valence-electron chi connectivity index (χ0n) is 11.3. The third-order valence-electron chi connectivity index (χ3n) is 2.98. The highest BCUT2D eigenvalue weighted by Gasteiger charge is 2.04. The van der Waals surface area contributed by atoms with Crippen molar-refractivity contribution in [2.45, 2.75) is 26.3 Å². The number of halogens is 1. The largest absolute Gasteiger partial charge is 0.354 e. The Bertz CT molecular complexity index is 569. The van der Waals surface area contributed by atoms with Gasteiger partial charge in [-0.15, -0.1) is 0 Å². The average Bonchev–Trinajstić information content (AvgIpc) is 2.93. The molecule has 6 heteroatoms.